The Morgan fingerprint density at radius 3 is 2.60 bits per heavy atom. The highest BCUT2D eigenvalue weighted by atomic mass is 16.5. The molecule has 0 amide bonds. The van der Waals surface area contributed by atoms with Crippen LogP contribution in [-0.4, -0.2) is 22.2 Å². The molecule has 0 unspecified atom stereocenters. The maximum Gasteiger partial charge on any atom is 0.335 e. The Balaban J connectivity index is 2.30. The summed E-state index contributed by atoms with van der Waals surface area (Å²) in [6.07, 6.45) is 3.54. The number of rotatable bonds is 5. The van der Waals surface area contributed by atoms with Crippen molar-refractivity contribution in [1.29, 1.82) is 5.26 Å². The van der Waals surface area contributed by atoms with E-state index in [4.69, 9.17) is 15.1 Å². The van der Waals surface area contributed by atoms with Gasteiger partial charge in [-0.3, -0.25) is 0 Å². The summed E-state index contributed by atoms with van der Waals surface area (Å²) in [5, 5.41) is 18.0. The molecule has 0 atom stereocenters. The highest BCUT2D eigenvalue weighted by molar-refractivity contribution is 5.87. The lowest BCUT2D eigenvalue weighted by Gasteiger charge is -2.03. The molecule has 0 fully saturated rings. The number of aromatic nitrogens is 1. The van der Waals surface area contributed by atoms with Crippen LogP contribution >= 0.6 is 0 Å². The molecule has 0 saturated heterocycles. The fraction of sp³-hybridized carbons (Fsp3) is 0.200. The molecule has 2 aromatic rings. The van der Waals surface area contributed by atoms with Crippen molar-refractivity contribution in [2.45, 2.75) is 13.5 Å². The number of aromatic carboxylic acids is 1. The molecular formula is C15H14N2O3. The highest BCUT2D eigenvalue weighted by Crippen LogP contribution is 2.17. The Kier molecular flexibility index (Phi) is 4.18. The molecule has 0 aliphatic rings. The zero-order valence-electron chi connectivity index (χ0n) is 11.0. The van der Waals surface area contributed by atoms with Gasteiger partial charge in [0.1, 0.15) is 6.07 Å². The van der Waals surface area contributed by atoms with Crippen LogP contribution in [-0.2, 0) is 11.3 Å². The topological polar surface area (TPSA) is 75.2 Å². The molecule has 0 spiro atoms. The number of carbonyl (C=O) groups is 1. The van der Waals surface area contributed by atoms with Gasteiger partial charge in [0.2, 0.25) is 0 Å². The summed E-state index contributed by atoms with van der Waals surface area (Å²) in [5.41, 5.74) is 2.41. The molecule has 1 heterocycles. The van der Waals surface area contributed by atoms with Gasteiger partial charge in [-0.25, -0.2) is 4.79 Å². The molecular weight excluding hydrogens is 256 g/mol. The Hall–Kier alpha value is -2.58. The van der Waals surface area contributed by atoms with Gasteiger partial charge < -0.3 is 14.4 Å². The summed E-state index contributed by atoms with van der Waals surface area (Å²) in [6.45, 7) is 2.87. The van der Waals surface area contributed by atoms with Gasteiger partial charge in [-0.15, -0.1) is 0 Å². The third-order valence-electron chi connectivity index (χ3n) is 2.90. The van der Waals surface area contributed by atoms with Gasteiger partial charge in [-0.1, -0.05) is 0 Å². The van der Waals surface area contributed by atoms with Crippen LogP contribution in [0.25, 0.3) is 5.69 Å². The Labute approximate surface area is 116 Å². The molecule has 0 aliphatic heterocycles. The van der Waals surface area contributed by atoms with Crippen molar-refractivity contribution < 1.29 is 14.6 Å². The third kappa shape index (κ3) is 2.87. The van der Waals surface area contributed by atoms with E-state index < -0.39 is 5.97 Å². The van der Waals surface area contributed by atoms with Crippen LogP contribution < -0.4 is 0 Å². The summed E-state index contributed by atoms with van der Waals surface area (Å²) in [6, 6.07) is 8.60. The molecule has 0 radical (unpaired) electrons. The first kappa shape index (κ1) is 13.8. The van der Waals surface area contributed by atoms with E-state index in [2.05, 4.69) is 6.07 Å². The van der Waals surface area contributed by atoms with Gasteiger partial charge in [0.05, 0.1) is 17.7 Å². The standard InChI is InChI=1S/C15H14N2O3/c1-2-20-10-13-9-17(8-12(13)7-16)14-5-3-11(4-6-14)15(18)19/h3-6,8-9H,2,10H2,1H3,(H,18,19). The quantitative estimate of drug-likeness (QED) is 0.906. The largest absolute Gasteiger partial charge is 0.478 e. The van der Waals surface area contributed by atoms with Gasteiger partial charge in [0.25, 0.3) is 0 Å². The van der Waals surface area contributed by atoms with E-state index in [0.29, 0.717) is 18.8 Å². The van der Waals surface area contributed by atoms with Crippen LogP contribution in [0.2, 0.25) is 0 Å². The molecule has 1 aromatic heterocycles. The normalized spacial score (nSPS) is 10.2. The number of benzene rings is 1. The van der Waals surface area contributed by atoms with Crippen LogP contribution in [0.15, 0.2) is 36.7 Å². The van der Waals surface area contributed by atoms with Crippen LogP contribution in [0.3, 0.4) is 0 Å². The van der Waals surface area contributed by atoms with Crippen molar-refractivity contribution in [3.05, 3.63) is 53.3 Å². The molecule has 5 heteroatoms. The molecule has 1 aromatic carbocycles. The Morgan fingerprint density at radius 2 is 2.05 bits per heavy atom. The zero-order valence-corrected chi connectivity index (χ0v) is 11.0. The number of carboxylic acid groups (broad SMARTS) is 1. The third-order valence-corrected chi connectivity index (χ3v) is 2.90. The van der Waals surface area contributed by atoms with E-state index in [1.807, 2.05) is 13.1 Å². The Bertz CT molecular complexity index is 651. The second-order valence-electron chi connectivity index (χ2n) is 4.21. The summed E-state index contributed by atoms with van der Waals surface area (Å²) in [5.74, 6) is -0.959. The number of carboxylic acids is 1. The van der Waals surface area contributed by atoms with E-state index >= 15 is 0 Å². The van der Waals surface area contributed by atoms with E-state index in [0.717, 1.165) is 11.3 Å². The maximum atomic E-state index is 10.8. The smallest absolute Gasteiger partial charge is 0.335 e. The molecule has 0 aliphatic carbocycles. The van der Waals surface area contributed by atoms with Crippen LogP contribution in [0, 0.1) is 11.3 Å². The monoisotopic (exact) mass is 270 g/mol. The van der Waals surface area contributed by atoms with Gasteiger partial charge in [-0.05, 0) is 31.2 Å². The molecule has 0 saturated carbocycles. The SMILES string of the molecule is CCOCc1cn(-c2ccc(C(=O)O)cc2)cc1C#N. The second-order valence-corrected chi connectivity index (χ2v) is 4.21. The minimum atomic E-state index is -0.959. The van der Waals surface area contributed by atoms with Crippen molar-refractivity contribution in [3.63, 3.8) is 0 Å². The first-order valence-corrected chi connectivity index (χ1v) is 6.18. The van der Waals surface area contributed by atoms with E-state index in [9.17, 15) is 4.79 Å². The number of nitriles is 1. The lowest BCUT2D eigenvalue weighted by atomic mass is 10.2. The van der Waals surface area contributed by atoms with Crippen LogP contribution in [0.5, 0.6) is 0 Å². The first-order chi connectivity index (χ1) is 9.65. The van der Waals surface area contributed by atoms with Gasteiger partial charge in [0.15, 0.2) is 0 Å². The fourth-order valence-corrected chi connectivity index (χ4v) is 1.85. The van der Waals surface area contributed by atoms with Gasteiger partial charge in [0, 0.05) is 30.3 Å². The zero-order chi connectivity index (χ0) is 14.5. The number of ether oxygens (including phenoxy) is 1. The number of hydrogen-bond donors (Lipinski definition) is 1. The molecule has 5 nitrogen and oxygen atoms in total. The summed E-state index contributed by atoms with van der Waals surface area (Å²) < 4.78 is 7.11. The predicted molar refractivity (Wildman–Crippen MR) is 72.8 cm³/mol. The number of nitrogens with zero attached hydrogens (tertiary/aromatic N) is 2. The predicted octanol–water partition coefficient (Wildman–Crippen LogP) is 2.58. The second kappa shape index (κ2) is 6.04. The van der Waals surface area contributed by atoms with E-state index in [1.54, 1.807) is 22.9 Å². The van der Waals surface area contributed by atoms with Crippen molar-refractivity contribution in [2.75, 3.05) is 6.61 Å². The summed E-state index contributed by atoms with van der Waals surface area (Å²) >= 11 is 0. The lowest BCUT2D eigenvalue weighted by molar-refractivity contribution is 0.0697. The van der Waals surface area contributed by atoms with Gasteiger partial charge in [-0.2, -0.15) is 5.26 Å². The highest BCUT2D eigenvalue weighted by Gasteiger charge is 2.08. The fourth-order valence-electron chi connectivity index (χ4n) is 1.85. The molecule has 102 valence electrons. The average Bonchev–Trinajstić information content (AvgIpc) is 2.88. The molecule has 1 N–H and O–H groups in total. The molecule has 20 heavy (non-hydrogen) atoms. The average molecular weight is 270 g/mol. The van der Waals surface area contributed by atoms with Crippen molar-refractivity contribution >= 4 is 5.97 Å². The minimum absolute atomic E-state index is 0.232. The van der Waals surface area contributed by atoms with Crippen molar-refractivity contribution in [3.8, 4) is 11.8 Å². The van der Waals surface area contributed by atoms with Crippen molar-refractivity contribution in [1.82, 2.24) is 4.57 Å². The van der Waals surface area contributed by atoms with E-state index in [-0.39, 0.29) is 5.56 Å². The van der Waals surface area contributed by atoms with Crippen LogP contribution in [0.1, 0.15) is 28.4 Å². The van der Waals surface area contributed by atoms with E-state index in [1.165, 1.54) is 12.1 Å². The van der Waals surface area contributed by atoms with Crippen LogP contribution in [0.4, 0.5) is 0 Å². The summed E-state index contributed by atoms with van der Waals surface area (Å²) in [7, 11) is 0. The molecule has 0 bridgehead atoms. The summed E-state index contributed by atoms with van der Waals surface area (Å²) in [4.78, 5) is 10.8. The first-order valence-electron chi connectivity index (χ1n) is 6.18. The Morgan fingerprint density at radius 1 is 1.35 bits per heavy atom. The van der Waals surface area contributed by atoms with Gasteiger partial charge >= 0.3 is 5.97 Å². The number of hydrogen-bond acceptors (Lipinski definition) is 3. The minimum Gasteiger partial charge on any atom is -0.478 e. The van der Waals surface area contributed by atoms with Crippen molar-refractivity contribution in [2.24, 2.45) is 0 Å². The molecule has 2 rings (SSSR count). The maximum absolute atomic E-state index is 10.8. The lowest BCUT2D eigenvalue weighted by Crippen LogP contribution is -1.97.